The lowest BCUT2D eigenvalue weighted by Crippen LogP contribution is -2.31. The highest BCUT2D eigenvalue weighted by molar-refractivity contribution is 9.10. The van der Waals surface area contributed by atoms with Crippen LogP contribution in [0.25, 0.3) is 0 Å². The number of benzene rings is 1. The van der Waals surface area contributed by atoms with Crippen molar-refractivity contribution in [2.45, 2.75) is 6.42 Å². The number of hydroxylamine groups is 1. The van der Waals surface area contributed by atoms with E-state index in [-0.39, 0.29) is 40.7 Å². The molecule has 0 aliphatic carbocycles. The third-order valence-electron chi connectivity index (χ3n) is 3.82. The van der Waals surface area contributed by atoms with E-state index in [0.29, 0.717) is 18.7 Å². The third kappa shape index (κ3) is 4.61. The first-order chi connectivity index (χ1) is 12.9. The summed E-state index contributed by atoms with van der Waals surface area (Å²) in [5.41, 5.74) is 2.33. The van der Waals surface area contributed by atoms with Crippen LogP contribution in [0.1, 0.15) is 12.1 Å². The number of hydrogen-bond acceptors (Lipinski definition) is 8. The van der Waals surface area contributed by atoms with Crippen LogP contribution >= 0.6 is 15.9 Å². The summed E-state index contributed by atoms with van der Waals surface area (Å²) < 4.78 is 43.2. The Labute approximate surface area is 162 Å². The molecule has 0 radical (unpaired) electrons. The summed E-state index contributed by atoms with van der Waals surface area (Å²) >= 11 is 3.06. The number of nitrogens with one attached hydrogen (secondary N) is 2. The van der Waals surface area contributed by atoms with E-state index in [2.05, 4.69) is 41.2 Å². The van der Waals surface area contributed by atoms with Gasteiger partial charge in [-0.3, -0.25) is 10.7 Å². The molecule has 2 heterocycles. The maximum Gasteiger partial charge on any atom is 0.214 e. The molecule has 1 aliphatic rings. The zero-order chi connectivity index (χ0) is 19.4. The van der Waals surface area contributed by atoms with Crippen LogP contribution in [0.5, 0.6) is 0 Å². The highest BCUT2D eigenvalue weighted by Crippen LogP contribution is 2.23. The number of nitrogens with zero attached hydrogens (tertiary/aromatic N) is 4. The fourth-order valence-corrected chi connectivity index (χ4v) is 4.41. The maximum absolute atomic E-state index is 13.3. The van der Waals surface area contributed by atoms with Crippen LogP contribution in [0.3, 0.4) is 0 Å². The number of halogens is 2. The van der Waals surface area contributed by atoms with E-state index < -0.39 is 15.8 Å². The molecule has 0 atom stereocenters. The summed E-state index contributed by atoms with van der Waals surface area (Å²) in [6.45, 7) is 1.01. The van der Waals surface area contributed by atoms with Gasteiger partial charge in [-0.25, -0.2) is 26.7 Å². The lowest BCUT2D eigenvalue weighted by Gasteiger charge is -2.14. The highest BCUT2D eigenvalue weighted by atomic mass is 79.9. The summed E-state index contributed by atoms with van der Waals surface area (Å²) in [6, 6.07) is 4.05. The van der Waals surface area contributed by atoms with Gasteiger partial charge in [0.1, 0.15) is 5.82 Å². The molecular formula is C14H16BrFN6O4S. The molecule has 0 saturated carbocycles. The third-order valence-corrected chi connectivity index (χ3v) is 6.38. The van der Waals surface area contributed by atoms with E-state index in [9.17, 15) is 18.0 Å². The summed E-state index contributed by atoms with van der Waals surface area (Å²) in [6.07, 6.45) is 0.609. The Morgan fingerprint density at radius 3 is 2.93 bits per heavy atom. The van der Waals surface area contributed by atoms with Crippen molar-refractivity contribution in [1.29, 1.82) is 0 Å². The van der Waals surface area contributed by atoms with E-state index >= 15 is 0 Å². The molecule has 1 saturated heterocycles. The molecule has 3 N–H and O–H groups in total. The summed E-state index contributed by atoms with van der Waals surface area (Å²) in [5, 5.41) is 19.7. The molecule has 27 heavy (non-hydrogen) atoms. The number of aliphatic imine (C=N–C) groups is 1. The minimum absolute atomic E-state index is 0.0777. The van der Waals surface area contributed by atoms with Crippen molar-refractivity contribution in [2.75, 3.05) is 30.7 Å². The Balaban J connectivity index is 1.72. The molecule has 1 aliphatic heterocycles. The average Bonchev–Trinajstić information content (AvgIpc) is 3.22. The van der Waals surface area contributed by atoms with Crippen LogP contribution in [0, 0.1) is 5.82 Å². The van der Waals surface area contributed by atoms with Gasteiger partial charge >= 0.3 is 0 Å². The van der Waals surface area contributed by atoms with E-state index in [1.165, 1.54) is 22.5 Å². The van der Waals surface area contributed by atoms with Gasteiger partial charge in [0.15, 0.2) is 11.5 Å². The quantitative estimate of drug-likeness (QED) is 0.333. The van der Waals surface area contributed by atoms with Gasteiger partial charge in [0.05, 0.1) is 15.9 Å². The molecule has 13 heteroatoms. The summed E-state index contributed by atoms with van der Waals surface area (Å²) in [5.74, 6) is -0.198. The van der Waals surface area contributed by atoms with Crippen molar-refractivity contribution in [3.8, 4) is 0 Å². The predicted molar refractivity (Wildman–Crippen MR) is 98.0 cm³/mol. The number of sulfonamides is 1. The molecule has 0 bridgehead atoms. The van der Waals surface area contributed by atoms with Gasteiger partial charge in [-0.15, -0.1) is 0 Å². The Kier molecular flexibility index (Phi) is 6.04. The predicted octanol–water partition coefficient (Wildman–Crippen LogP) is 1.48. The molecule has 1 fully saturated rings. The van der Waals surface area contributed by atoms with Gasteiger partial charge in [-0.2, -0.15) is 0 Å². The first-order valence-electron chi connectivity index (χ1n) is 7.89. The molecule has 0 spiro atoms. The van der Waals surface area contributed by atoms with E-state index in [1.54, 1.807) is 0 Å². The summed E-state index contributed by atoms with van der Waals surface area (Å²) in [7, 11) is -3.18. The molecule has 1 aromatic heterocycles. The van der Waals surface area contributed by atoms with Crippen LogP contribution < -0.4 is 10.8 Å². The molecule has 1 aromatic carbocycles. The Morgan fingerprint density at radius 1 is 1.44 bits per heavy atom. The fourth-order valence-electron chi connectivity index (χ4n) is 2.52. The minimum Gasteiger partial charge on any atom is -0.364 e. The highest BCUT2D eigenvalue weighted by Gasteiger charge is 2.27. The second kappa shape index (κ2) is 8.29. The lowest BCUT2D eigenvalue weighted by molar-refractivity contribution is 0.234. The van der Waals surface area contributed by atoms with Gasteiger partial charge in [-0.05, 0) is 50.9 Å². The molecule has 0 unspecified atom stereocenters. The monoisotopic (exact) mass is 462 g/mol. The van der Waals surface area contributed by atoms with Crippen LogP contribution in [0.4, 0.5) is 15.9 Å². The Bertz CT molecular complexity index is 951. The van der Waals surface area contributed by atoms with Crippen LogP contribution in [0.2, 0.25) is 0 Å². The van der Waals surface area contributed by atoms with Crippen LogP contribution in [-0.2, 0) is 10.0 Å². The fraction of sp³-hybridized carbons (Fsp3) is 0.357. The van der Waals surface area contributed by atoms with Crippen LogP contribution in [-0.4, -0.2) is 59.5 Å². The topological polar surface area (TPSA) is 133 Å². The van der Waals surface area contributed by atoms with Crippen molar-refractivity contribution >= 4 is 43.3 Å². The molecule has 2 aromatic rings. The number of hydrogen-bond donors (Lipinski definition) is 3. The molecule has 10 nitrogen and oxygen atoms in total. The first kappa shape index (κ1) is 19.7. The zero-order valence-electron chi connectivity index (χ0n) is 13.9. The standard InChI is InChI=1S/C14H16BrFN6O4S/c15-10-8-9(2-3-11(10)16)18-14(19-23)12-13(21-26-20-12)17-4-6-22-5-1-7-27(22,24)25/h2-3,8,23H,1,4-7H2,(H,17,21)(H,18,19). The van der Waals surface area contributed by atoms with E-state index in [0.717, 1.165) is 0 Å². The van der Waals surface area contributed by atoms with Gasteiger partial charge < -0.3 is 5.32 Å². The van der Waals surface area contributed by atoms with E-state index in [1.807, 2.05) is 5.48 Å². The lowest BCUT2D eigenvalue weighted by atomic mass is 10.3. The van der Waals surface area contributed by atoms with E-state index in [4.69, 9.17) is 0 Å². The van der Waals surface area contributed by atoms with Crippen molar-refractivity contribution in [2.24, 2.45) is 4.99 Å². The minimum atomic E-state index is -3.18. The van der Waals surface area contributed by atoms with Gasteiger partial charge in [0, 0.05) is 19.6 Å². The second-order valence-corrected chi connectivity index (χ2v) is 8.57. The SMILES string of the molecule is O=S1(=O)CCCN1CCNc1nonc1C(=Nc1ccc(F)c(Br)c1)NO. The largest absolute Gasteiger partial charge is 0.364 e. The second-order valence-electron chi connectivity index (χ2n) is 5.63. The summed E-state index contributed by atoms with van der Waals surface area (Å²) in [4.78, 5) is 4.14. The van der Waals surface area contributed by atoms with Crippen molar-refractivity contribution in [1.82, 2.24) is 20.1 Å². The number of rotatable bonds is 6. The molecule has 146 valence electrons. The van der Waals surface area contributed by atoms with Gasteiger partial charge in [-0.1, -0.05) is 0 Å². The zero-order valence-corrected chi connectivity index (χ0v) is 16.3. The maximum atomic E-state index is 13.3. The number of anilines is 1. The molecule has 0 amide bonds. The Hall–Kier alpha value is -2.09. The first-order valence-corrected chi connectivity index (χ1v) is 10.3. The van der Waals surface area contributed by atoms with Crippen LogP contribution in [0.15, 0.2) is 32.3 Å². The van der Waals surface area contributed by atoms with Gasteiger partial charge in [0.25, 0.3) is 0 Å². The average molecular weight is 463 g/mol. The molecular weight excluding hydrogens is 447 g/mol. The van der Waals surface area contributed by atoms with Crippen molar-refractivity contribution in [3.05, 3.63) is 34.2 Å². The smallest absolute Gasteiger partial charge is 0.214 e. The van der Waals surface area contributed by atoms with Gasteiger partial charge in [0.2, 0.25) is 15.8 Å². The van der Waals surface area contributed by atoms with Crippen molar-refractivity contribution in [3.63, 3.8) is 0 Å². The Morgan fingerprint density at radius 2 is 2.26 bits per heavy atom. The number of amidine groups is 1. The van der Waals surface area contributed by atoms with Crippen molar-refractivity contribution < 1.29 is 22.6 Å². The normalized spacial score (nSPS) is 17.2. The molecule has 3 rings (SSSR count). The number of aromatic nitrogens is 2.